The molecule has 0 saturated carbocycles. The Hall–Kier alpha value is -3.53. The van der Waals surface area contributed by atoms with Crippen molar-refractivity contribution in [3.05, 3.63) is 93.6 Å². The van der Waals surface area contributed by atoms with Gasteiger partial charge in [0, 0.05) is 55.1 Å². The molecule has 4 aromatic rings. The van der Waals surface area contributed by atoms with Gasteiger partial charge in [0.25, 0.3) is 10.0 Å². The summed E-state index contributed by atoms with van der Waals surface area (Å²) in [6.45, 7) is 2.35. The van der Waals surface area contributed by atoms with E-state index in [1.165, 1.54) is 16.7 Å². The molecular weight excluding hydrogens is 585 g/mol. The molecule has 0 spiro atoms. The van der Waals surface area contributed by atoms with E-state index in [-0.39, 0.29) is 17.1 Å². The highest BCUT2D eigenvalue weighted by atomic mass is 79.9. The number of sulfonamides is 1. The van der Waals surface area contributed by atoms with Gasteiger partial charge in [0.05, 0.1) is 42.2 Å². The lowest BCUT2D eigenvalue weighted by Gasteiger charge is -2.40. The molecule has 0 saturated heterocycles. The number of halogens is 2. The van der Waals surface area contributed by atoms with E-state index in [9.17, 15) is 18.1 Å². The number of hydrogen-bond donors (Lipinski definition) is 0. The van der Waals surface area contributed by atoms with Crippen LogP contribution in [0.3, 0.4) is 0 Å². The van der Waals surface area contributed by atoms with E-state index in [1.807, 2.05) is 17.7 Å². The van der Waals surface area contributed by atoms with E-state index in [1.54, 1.807) is 55.3 Å². The van der Waals surface area contributed by atoms with Gasteiger partial charge in [-0.1, -0.05) is 15.9 Å². The summed E-state index contributed by atoms with van der Waals surface area (Å²) < 4.78 is 48.9. The van der Waals surface area contributed by atoms with Gasteiger partial charge in [0.1, 0.15) is 5.82 Å². The minimum Gasteiger partial charge on any atom is -0.364 e. The van der Waals surface area contributed by atoms with Crippen LogP contribution in [-0.2, 0) is 43.6 Å². The van der Waals surface area contributed by atoms with Gasteiger partial charge in [-0.25, -0.2) is 22.8 Å². The zero-order valence-corrected chi connectivity index (χ0v) is 24.1. The lowest BCUT2D eigenvalue weighted by Crippen LogP contribution is -2.50. The fraction of sp³-hybridized carbons (Fsp3) is 0.296. The van der Waals surface area contributed by atoms with Crippen molar-refractivity contribution in [2.45, 2.75) is 37.5 Å². The van der Waals surface area contributed by atoms with E-state index in [0.717, 1.165) is 16.9 Å². The Kier molecular flexibility index (Phi) is 7.33. The highest BCUT2D eigenvalue weighted by Crippen LogP contribution is 2.34. The average Bonchev–Trinajstić information content (AvgIpc) is 3.47. The lowest BCUT2D eigenvalue weighted by atomic mass is 9.95. The molecule has 0 bridgehead atoms. The number of rotatable bonds is 7. The molecule has 39 heavy (non-hydrogen) atoms. The smallest absolute Gasteiger partial charge is 0.262 e. The van der Waals surface area contributed by atoms with Crippen molar-refractivity contribution in [1.82, 2.24) is 23.4 Å². The van der Waals surface area contributed by atoms with Crippen LogP contribution in [0.1, 0.15) is 28.1 Å². The largest absolute Gasteiger partial charge is 0.364 e. The Bertz CT molecular complexity index is 1690. The van der Waals surface area contributed by atoms with Crippen LogP contribution in [0.15, 0.2) is 64.7 Å². The summed E-state index contributed by atoms with van der Waals surface area (Å²) in [5.74, 6) is -0.495. The Morgan fingerprint density at radius 3 is 2.64 bits per heavy atom. The molecule has 0 radical (unpaired) electrons. The first-order valence-corrected chi connectivity index (χ1v) is 14.5. The van der Waals surface area contributed by atoms with Crippen LogP contribution in [0.4, 0.5) is 10.1 Å². The van der Waals surface area contributed by atoms with Gasteiger partial charge >= 0.3 is 0 Å². The molecule has 1 unspecified atom stereocenters. The van der Waals surface area contributed by atoms with Crippen molar-refractivity contribution in [2.75, 3.05) is 11.4 Å². The summed E-state index contributed by atoms with van der Waals surface area (Å²) in [5.41, 5.74) is 3.94. The topological polar surface area (TPSA) is 100 Å². The molecule has 3 heterocycles. The maximum absolute atomic E-state index is 15.0. The van der Waals surface area contributed by atoms with Gasteiger partial charge in [-0.05, 0) is 55.3 Å². The number of nitriles is 1. The average molecular weight is 613 g/mol. The molecule has 12 heteroatoms. The van der Waals surface area contributed by atoms with E-state index >= 15 is 0 Å². The van der Waals surface area contributed by atoms with Crippen molar-refractivity contribution in [2.24, 2.45) is 14.1 Å². The van der Waals surface area contributed by atoms with Gasteiger partial charge in [0.2, 0.25) is 0 Å². The zero-order valence-electron chi connectivity index (χ0n) is 21.7. The second kappa shape index (κ2) is 10.6. The van der Waals surface area contributed by atoms with E-state index in [4.69, 9.17) is 0 Å². The quantitative estimate of drug-likeness (QED) is 0.312. The maximum Gasteiger partial charge on any atom is 0.262 e. The second-order valence-corrected chi connectivity index (χ2v) is 12.4. The Morgan fingerprint density at radius 1 is 1.18 bits per heavy atom. The Morgan fingerprint density at radius 2 is 1.97 bits per heavy atom. The summed E-state index contributed by atoms with van der Waals surface area (Å²) in [7, 11) is -0.505. The van der Waals surface area contributed by atoms with Gasteiger partial charge in [-0.2, -0.15) is 9.57 Å². The number of anilines is 1. The monoisotopic (exact) mass is 611 g/mol. The molecule has 0 N–H and O–H groups in total. The fourth-order valence-corrected chi connectivity index (χ4v) is 7.12. The first-order chi connectivity index (χ1) is 18.6. The summed E-state index contributed by atoms with van der Waals surface area (Å²) in [6, 6.07) is 11.6. The standard InChI is InChI=1S/C27H27BrFN7O2S/c1-18-27(32-17-33(18)2)39(37,38)36(13-21-9-22(28)5-6-25(21)29)23-10-20-8-19(11-30)4-7-26(20)35(14-23)15-24-12-31-16-34(24)3/h4-9,12,16-17,23H,10,13-15H2,1-3H3. The van der Waals surface area contributed by atoms with Crippen molar-refractivity contribution in [3.8, 4) is 6.07 Å². The van der Waals surface area contributed by atoms with Gasteiger partial charge in [-0.15, -0.1) is 0 Å². The number of fused-ring (bicyclic) bond motifs is 1. The maximum atomic E-state index is 15.0. The summed E-state index contributed by atoms with van der Waals surface area (Å²) in [5, 5.41) is 9.49. The van der Waals surface area contributed by atoms with Gasteiger partial charge < -0.3 is 14.0 Å². The third kappa shape index (κ3) is 5.22. The van der Waals surface area contributed by atoms with Crippen LogP contribution in [0.5, 0.6) is 0 Å². The summed E-state index contributed by atoms with van der Waals surface area (Å²) in [6.07, 6.45) is 5.31. The molecule has 202 valence electrons. The highest BCUT2D eigenvalue weighted by molar-refractivity contribution is 9.10. The minimum atomic E-state index is -4.14. The van der Waals surface area contributed by atoms with Crippen LogP contribution < -0.4 is 4.90 Å². The molecule has 1 aliphatic heterocycles. The first kappa shape index (κ1) is 27.1. The van der Waals surface area contributed by atoms with Crippen LogP contribution >= 0.6 is 15.9 Å². The molecule has 0 fully saturated rings. The third-order valence-electron chi connectivity index (χ3n) is 7.19. The van der Waals surface area contributed by atoms with Crippen molar-refractivity contribution in [1.29, 1.82) is 5.26 Å². The van der Waals surface area contributed by atoms with Gasteiger partial charge in [-0.3, -0.25) is 0 Å². The van der Waals surface area contributed by atoms with Crippen molar-refractivity contribution < 1.29 is 12.8 Å². The molecular formula is C27H27BrFN7O2S. The van der Waals surface area contributed by atoms with Crippen LogP contribution in [0.2, 0.25) is 0 Å². The summed E-state index contributed by atoms with van der Waals surface area (Å²) in [4.78, 5) is 10.5. The molecule has 0 aliphatic carbocycles. The van der Waals surface area contributed by atoms with Crippen LogP contribution in [0.25, 0.3) is 0 Å². The number of imidazole rings is 2. The Balaban J connectivity index is 1.62. The van der Waals surface area contributed by atoms with Gasteiger partial charge in [0.15, 0.2) is 5.03 Å². The Labute approximate surface area is 235 Å². The molecule has 2 aromatic carbocycles. The molecule has 1 atom stereocenters. The normalized spacial score (nSPS) is 15.4. The van der Waals surface area contributed by atoms with E-state index < -0.39 is 21.9 Å². The second-order valence-electron chi connectivity index (χ2n) is 9.72. The number of benzene rings is 2. The van der Waals surface area contributed by atoms with Crippen molar-refractivity contribution in [3.63, 3.8) is 0 Å². The molecule has 0 amide bonds. The number of aromatic nitrogens is 4. The lowest BCUT2D eigenvalue weighted by molar-refractivity contribution is 0.298. The molecule has 2 aromatic heterocycles. The SMILES string of the molecule is Cc1c(S(=O)(=O)N(Cc2cc(Br)ccc2F)C2Cc3cc(C#N)ccc3N(Cc3cncn3C)C2)ncn1C. The van der Waals surface area contributed by atoms with Crippen LogP contribution in [0, 0.1) is 24.1 Å². The number of hydrogen-bond acceptors (Lipinski definition) is 6. The van der Waals surface area contributed by atoms with Crippen molar-refractivity contribution >= 4 is 31.6 Å². The third-order valence-corrected chi connectivity index (χ3v) is 9.61. The first-order valence-electron chi connectivity index (χ1n) is 12.3. The summed E-state index contributed by atoms with van der Waals surface area (Å²) >= 11 is 3.38. The fourth-order valence-electron chi connectivity index (χ4n) is 4.95. The van der Waals surface area contributed by atoms with Crippen LogP contribution in [-0.4, -0.2) is 44.4 Å². The molecule has 9 nitrogen and oxygen atoms in total. The van der Waals surface area contributed by atoms with E-state index in [0.29, 0.717) is 35.2 Å². The molecule has 1 aliphatic rings. The molecule has 5 rings (SSSR count). The minimum absolute atomic E-state index is 0.0600. The number of nitrogens with zero attached hydrogens (tertiary/aromatic N) is 7. The predicted molar refractivity (Wildman–Crippen MR) is 148 cm³/mol. The zero-order chi connectivity index (χ0) is 27.9. The van der Waals surface area contributed by atoms with E-state index in [2.05, 4.69) is 36.9 Å². The highest BCUT2D eigenvalue weighted by Gasteiger charge is 2.39. The number of aryl methyl sites for hydroxylation is 2. The predicted octanol–water partition coefficient (Wildman–Crippen LogP) is 4.06.